The van der Waals surface area contributed by atoms with Crippen molar-refractivity contribution < 1.29 is 9.53 Å². The number of benzene rings is 1. The van der Waals surface area contributed by atoms with Crippen molar-refractivity contribution >= 4 is 16.8 Å². The summed E-state index contributed by atoms with van der Waals surface area (Å²) in [7, 11) is 1.63. The normalized spacial score (nSPS) is 10.9. The van der Waals surface area contributed by atoms with E-state index in [1.54, 1.807) is 7.11 Å². The van der Waals surface area contributed by atoms with E-state index in [1.165, 1.54) is 0 Å². The Morgan fingerprint density at radius 3 is 3.00 bits per heavy atom. The summed E-state index contributed by atoms with van der Waals surface area (Å²) in [4.78, 5) is 15.5. The summed E-state index contributed by atoms with van der Waals surface area (Å²) in [6, 6.07) is 5.70. The maximum absolute atomic E-state index is 12.3. The van der Waals surface area contributed by atoms with Crippen LogP contribution in [0.25, 0.3) is 10.9 Å². The van der Waals surface area contributed by atoms with Gasteiger partial charge < -0.3 is 15.0 Å². The molecule has 0 aliphatic heterocycles. The lowest BCUT2D eigenvalue weighted by molar-refractivity contribution is 0.0948. The molecule has 0 saturated heterocycles. The van der Waals surface area contributed by atoms with Crippen molar-refractivity contribution in [1.29, 1.82) is 0 Å². The van der Waals surface area contributed by atoms with Gasteiger partial charge in [-0.2, -0.15) is 5.21 Å². The number of carbonyl (C=O) groups excluding carboxylic acids is 1. The molecule has 3 N–H and O–H groups in total. The molecule has 1 amide bonds. The number of tetrazole rings is 1. The van der Waals surface area contributed by atoms with Gasteiger partial charge in [0.25, 0.3) is 5.91 Å². The molecular formula is C15H18N6O2. The van der Waals surface area contributed by atoms with Gasteiger partial charge in [0.15, 0.2) is 5.82 Å². The average Bonchev–Trinajstić information content (AvgIpc) is 3.19. The Labute approximate surface area is 132 Å². The number of nitrogens with zero attached hydrogens (tertiary/aromatic N) is 3. The monoisotopic (exact) mass is 314 g/mol. The van der Waals surface area contributed by atoms with Gasteiger partial charge in [-0.05, 0) is 37.1 Å². The largest absolute Gasteiger partial charge is 0.497 e. The number of methoxy groups -OCH3 is 1. The topological polar surface area (TPSA) is 109 Å². The number of aryl methyl sites for hydroxylation is 2. The van der Waals surface area contributed by atoms with Crippen LogP contribution in [-0.2, 0) is 6.42 Å². The first-order chi connectivity index (χ1) is 11.2. The molecule has 0 radical (unpaired) electrons. The van der Waals surface area contributed by atoms with Crippen molar-refractivity contribution in [2.45, 2.75) is 19.8 Å². The molecule has 1 aromatic carbocycles. The Morgan fingerprint density at radius 1 is 1.39 bits per heavy atom. The van der Waals surface area contributed by atoms with E-state index < -0.39 is 0 Å². The number of aromatic amines is 2. The molecule has 0 spiro atoms. The molecular weight excluding hydrogens is 296 g/mol. The van der Waals surface area contributed by atoms with Gasteiger partial charge in [-0.1, -0.05) is 5.21 Å². The van der Waals surface area contributed by atoms with E-state index in [9.17, 15) is 4.79 Å². The predicted molar refractivity (Wildman–Crippen MR) is 84.4 cm³/mol. The highest BCUT2D eigenvalue weighted by Gasteiger charge is 2.14. The van der Waals surface area contributed by atoms with Crippen molar-refractivity contribution in [2.75, 3.05) is 13.7 Å². The van der Waals surface area contributed by atoms with Crippen molar-refractivity contribution in [3.8, 4) is 5.75 Å². The van der Waals surface area contributed by atoms with Crippen molar-refractivity contribution in [3.63, 3.8) is 0 Å². The van der Waals surface area contributed by atoms with E-state index in [0.717, 1.165) is 28.6 Å². The molecule has 0 aliphatic carbocycles. The molecule has 3 rings (SSSR count). The number of H-pyrrole nitrogens is 2. The molecule has 0 bridgehead atoms. The quantitative estimate of drug-likeness (QED) is 0.595. The zero-order valence-electron chi connectivity index (χ0n) is 13.0. The Balaban J connectivity index is 1.65. The number of rotatable bonds is 6. The van der Waals surface area contributed by atoms with Gasteiger partial charge in [0, 0.05) is 23.9 Å². The highest BCUT2D eigenvalue weighted by molar-refractivity contribution is 6.01. The second-order valence-electron chi connectivity index (χ2n) is 5.22. The zero-order chi connectivity index (χ0) is 16.2. The van der Waals surface area contributed by atoms with Crippen LogP contribution in [0.1, 0.15) is 28.3 Å². The van der Waals surface area contributed by atoms with E-state index >= 15 is 0 Å². The standard InChI is InChI=1S/C15H18N6O2/c1-9-11-8-10(23-2)5-6-12(11)17-14(9)15(22)16-7-3-4-13-18-20-21-19-13/h5-6,8,17H,3-4,7H2,1-2H3,(H,16,22)(H,18,19,20,21). The van der Waals surface area contributed by atoms with Gasteiger partial charge in [0.2, 0.25) is 0 Å². The van der Waals surface area contributed by atoms with Gasteiger partial charge >= 0.3 is 0 Å². The van der Waals surface area contributed by atoms with Gasteiger partial charge in [-0.25, -0.2) is 0 Å². The second-order valence-corrected chi connectivity index (χ2v) is 5.22. The number of fused-ring (bicyclic) bond motifs is 1. The second kappa shape index (κ2) is 6.47. The van der Waals surface area contributed by atoms with Gasteiger partial charge in [0.05, 0.1) is 7.11 Å². The molecule has 120 valence electrons. The Kier molecular flexibility index (Phi) is 4.22. The first-order valence-electron chi connectivity index (χ1n) is 7.36. The van der Waals surface area contributed by atoms with E-state index in [4.69, 9.17) is 4.74 Å². The number of amides is 1. The van der Waals surface area contributed by atoms with Gasteiger partial charge in [0.1, 0.15) is 11.4 Å². The third kappa shape index (κ3) is 3.15. The molecule has 0 fully saturated rings. The maximum Gasteiger partial charge on any atom is 0.268 e. The number of carbonyl (C=O) groups is 1. The molecule has 0 atom stereocenters. The summed E-state index contributed by atoms with van der Waals surface area (Å²) in [5, 5.41) is 17.5. The smallest absolute Gasteiger partial charge is 0.268 e. The summed E-state index contributed by atoms with van der Waals surface area (Å²) < 4.78 is 5.23. The SMILES string of the molecule is COc1ccc2[nH]c(C(=O)NCCCc3nn[nH]n3)c(C)c2c1. The third-order valence-electron chi connectivity index (χ3n) is 3.74. The van der Waals surface area contributed by atoms with E-state index in [2.05, 4.69) is 30.9 Å². The third-order valence-corrected chi connectivity index (χ3v) is 3.74. The molecule has 0 saturated carbocycles. The Hall–Kier alpha value is -2.90. The number of aromatic nitrogens is 5. The number of ether oxygens (including phenoxy) is 1. The maximum atomic E-state index is 12.3. The van der Waals surface area contributed by atoms with Crippen LogP contribution in [0, 0.1) is 6.92 Å². The Morgan fingerprint density at radius 2 is 2.26 bits per heavy atom. The predicted octanol–water partition coefficient (Wildman–Crippen LogP) is 1.36. The molecule has 2 aromatic heterocycles. The molecule has 3 aromatic rings. The van der Waals surface area contributed by atoms with Crippen LogP contribution < -0.4 is 10.1 Å². The van der Waals surface area contributed by atoms with Crippen molar-refractivity contribution in [2.24, 2.45) is 0 Å². The van der Waals surface area contributed by atoms with Gasteiger partial charge in [-0.15, -0.1) is 10.2 Å². The zero-order valence-corrected chi connectivity index (χ0v) is 13.0. The van der Waals surface area contributed by atoms with E-state index in [-0.39, 0.29) is 5.91 Å². The minimum absolute atomic E-state index is 0.120. The van der Waals surface area contributed by atoms with Crippen LogP contribution in [0.5, 0.6) is 5.75 Å². The minimum Gasteiger partial charge on any atom is -0.497 e. The molecule has 23 heavy (non-hydrogen) atoms. The molecule has 0 aliphatic rings. The fourth-order valence-electron chi connectivity index (χ4n) is 2.48. The lowest BCUT2D eigenvalue weighted by atomic mass is 10.1. The van der Waals surface area contributed by atoms with Gasteiger partial charge in [-0.3, -0.25) is 4.79 Å². The summed E-state index contributed by atoms with van der Waals surface area (Å²) in [5.41, 5.74) is 2.41. The van der Waals surface area contributed by atoms with Crippen molar-refractivity contribution in [3.05, 3.63) is 35.3 Å². The van der Waals surface area contributed by atoms with Crippen molar-refractivity contribution in [1.82, 2.24) is 30.9 Å². The molecule has 8 heteroatoms. The average molecular weight is 314 g/mol. The first-order valence-corrected chi connectivity index (χ1v) is 7.36. The fraction of sp³-hybridized carbons (Fsp3) is 0.333. The Bertz CT molecular complexity index is 809. The van der Waals surface area contributed by atoms with E-state index in [1.807, 2.05) is 25.1 Å². The number of hydrogen-bond donors (Lipinski definition) is 3. The molecule has 2 heterocycles. The molecule has 0 unspecified atom stereocenters. The number of hydrogen-bond acceptors (Lipinski definition) is 5. The lowest BCUT2D eigenvalue weighted by Crippen LogP contribution is -2.25. The van der Waals surface area contributed by atoms with Crippen LogP contribution in [0.3, 0.4) is 0 Å². The van der Waals surface area contributed by atoms with E-state index in [0.29, 0.717) is 24.5 Å². The fourth-order valence-corrected chi connectivity index (χ4v) is 2.48. The summed E-state index contributed by atoms with van der Waals surface area (Å²) in [6.07, 6.45) is 1.41. The van der Waals surface area contributed by atoms with Crippen LogP contribution in [0.15, 0.2) is 18.2 Å². The summed E-state index contributed by atoms with van der Waals surface area (Å²) in [5.74, 6) is 1.30. The summed E-state index contributed by atoms with van der Waals surface area (Å²) >= 11 is 0. The van der Waals surface area contributed by atoms with Crippen LogP contribution >= 0.6 is 0 Å². The number of nitrogens with one attached hydrogen (secondary N) is 3. The van der Waals surface area contributed by atoms with Crippen LogP contribution in [0.4, 0.5) is 0 Å². The summed E-state index contributed by atoms with van der Waals surface area (Å²) in [6.45, 7) is 2.47. The van der Waals surface area contributed by atoms with Crippen LogP contribution in [-0.4, -0.2) is 45.2 Å². The minimum atomic E-state index is -0.120. The lowest BCUT2D eigenvalue weighted by Gasteiger charge is -2.03. The highest BCUT2D eigenvalue weighted by atomic mass is 16.5. The molecule has 8 nitrogen and oxygen atoms in total. The highest BCUT2D eigenvalue weighted by Crippen LogP contribution is 2.25. The first kappa shape index (κ1) is 15.0. The van der Waals surface area contributed by atoms with Crippen LogP contribution in [0.2, 0.25) is 0 Å².